The van der Waals surface area contributed by atoms with Crippen molar-refractivity contribution in [2.24, 2.45) is 0 Å². The quantitative estimate of drug-likeness (QED) is 0.633. The molecule has 3 aromatic heterocycles. The molecule has 2 amide bonds. The Kier molecular flexibility index (Phi) is 5.80. The van der Waals surface area contributed by atoms with Gasteiger partial charge in [0.25, 0.3) is 5.92 Å². The highest BCUT2D eigenvalue weighted by Crippen LogP contribution is 2.29. The standard InChI is InChI=1S/C20H23F2N7OS/c1-11(2)24-16-6-7-29(10-20(16,21)22)19(30)26-17-8-15-13(9-23-17)4-5-14(25-15)18-28-27-12(3)31-18/h4-5,8-9,11,16,24H,6-7,10H2,1-3H3,(H,23,26,30). The normalized spacial score (nSPS) is 18.5. The van der Waals surface area contributed by atoms with Crippen molar-refractivity contribution in [3.8, 4) is 10.7 Å². The number of fused-ring (bicyclic) bond motifs is 1. The van der Waals surface area contributed by atoms with Crippen LogP contribution in [-0.4, -0.2) is 62.2 Å². The third-order valence-corrected chi connectivity index (χ3v) is 5.84. The zero-order chi connectivity index (χ0) is 22.2. The van der Waals surface area contributed by atoms with Crippen molar-refractivity contribution in [2.45, 2.75) is 45.2 Å². The zero-order valence-corrected chi connectivity index (χ0v) is 18.2. The van der Waals surface area contributed by atoms with E-state index >= 15 is 0 Å². The molecule has 4 heterocycles. The van der Waals surface area contributed by atoms with Crippen molar-refractivity contribution in [1.29, 1.82) is 0 Å². The van der Waals surface area contributed by atoms with Gasteiger partial charge in [-0.05, 0) is 25.5 Å². The summed E-state index contributed by atoms with van der Waals surface area (Å²) in [5, 5.41) is 15.9. The summed E-state index contributed by atoms with van der Waals surface area (Å²) in [7, 11) is 0. The molecule has 4 rings (SSSR count). The molecule has 1 atom stereocenters. The molecular weight excluding hydrogens is 424 g/mol. The molecule has 164 valence electrons. The summed E-state index contributed by atoms with van der Waals surface area (Å²) < 4.78 is 28.9. The molecule has 3 aromatic rings. The minimum atomic E-state index is -3.01. The summed E-state index contributed by atoms with van der Waals surface area (Å²) in [5.41, 5.74) is 1.28. The van der Waals surface area contributed by atoms with Crippen LogP contribution in [0.3, 0.4) is 0 Å². The fourth-order valence-corrected chi connectivity index (χ4v) is 4.17. The molecule has 1 aliphatic rings. The van der Waals surface area contributed by atoms with Crippen LogP contribution < -0.4 is 10.6 Å². The lowest BCUT2D eigenvalue weighted by atomic mass is 10.0. The van der Waals surface area contributed by atoms with Gasteiger partial charge in [-0.25, -0.2) is 23.5 Å². The Hall–Kier alpha value is -2.79. The Labute approximate surface area is 182 Å². The van der Waals surface area contributed by atoms with Gasteiger partial charge in [-0.1, -0.05) is 25.2 Å². The maximum Gasteiger partial charge on any atom is 0.323 e. The molecule has 0 spiro atoms. The molecule has 1 unspecified atom stereocenters. The molecule has 0 saturated carbocycles. The highest BCUT2D eigenvalue weighted by atomic mass is 32.1. The molecule has 0 aliphatic carbocycles. The number of aromatic nitrogens is 4. The van der Waals surface area contributed by atoms with Crippen molar-refractivity contribution in [3.05, 3.63) is 29.4 Å². The molecule has 8 nitrogen and oxygen atoms in total. The average Bonchev–Trinajstić information content (AvgIpc) is 3.15. The molecule has 0 aromatic carbocycles. The van der Waals surface area contributed by atoms with Crippen LogP contribution in [-0.2, 0) is 0 Å². The van der Waals surface area contributed by atoms with Gasteiger partial charge in [0.05, 0.1) is 18.1 Å². The summed E-state index contributed by atoms with van der Waals surface area (Å²) in [5.74, 6) is -2.76. The van der Waals surface area contributed by atoms with Gasteiger partial charge in [0.15, 0.2) is 5.01 Å². The second-order valence-electron chi connectivity index (χ2n) is 7.86. The molecule has 1 aliphatic heterocycles. The molecule has 1 saturated heterocycles. The molecule has 0 bridgehead atoms. The fourth-order valence-electron chi connectivity index (χ4n) is 3.51. The molecule has 0 radical (unpaired) electrons. The summed E-state index contributed by atoms with van der Waals surface area (Å²) in [4.78, 5) is 22.5. The van der Waals surface area contributed by atoms with E-state index in [1.807, 2.05) is 32.9 Å². The number of hydrogen-bond donors (Lipinski definition) is 2. The topological polar surface area (TPSA) is 95.9 Å². The Morgan fingerprint density at radius 1 is 1.32 bits per heavy atom. The second kappa shape index (κ2) is 8.39. The van der Waals surface area contributed by atoms with Crippen LogP contribution in [0.25, 0.3) is 21.6 Å². The smallest absolute Gasteiger partial charge is 0.318 e. The molecule has 2 N–H and O–H groups in total. The molecule has 31 heavy (non-hydrogen) atoms. The third-order valence-electron chi connectivity index (χ3n) is 4.97. The SMILES string of the molecule is Cc1nnc(-c2ccc3cnc(NC(=O)N4CCC(NC(C)C)C(F)(F)C4)cc3n2)s1. The Bertz CT molecular complexity index is 1100. The zero-order valence-electron chi connectivity index (χ0n) is 17.4. The van der Waals surface area contributed by atoms with Crippen LogP contribution in [0.4, 0.5) is 19.4 Å². The number of hydrogen-bond acceptors (Lipinski definition) is 7. The van der Waals surface area contributed by atoms with Crippen LogP contribution >= 0.6 is 11.3 Å². The van der Waals surface area contributed by atoms with Crippen molar-refractivity contribution in [2.75, 3.05) is 18.4 Å². The predicted molar refractivity (Wildman–Crippen MR) is 115 cm³/mol. The Morgan fingerprint density at radius 3 is 2.81 bits per heavy atom. The number of piperidine rings is 1. The number of pyridine rings is 2. The van der Waals surface area contributed by atoms with E-state index < -0.39 is 24.5 Å². The first-order valence-corrected chi connectivity index (χ1v) is 10.8. The van der Waals surface area contributed by atoms with Crippen LogP contribution in [0, 0.1) is 6.92 Å². The van der Waals surface area contributed by atoms with Gasteiger partial charge in [0.2, 0.25) is 0 Å². The first kappa shape index (κ1) is 21.4. The lowest BCUT2D eigenvalue weighted by molar-refractivity contribution is -0.0804. The van der Waals surface area contributed by atoms with Crippen molar-refractivity contribution in [3.63, 3.8) is 0 Å². The minimum absolute atomic E-state index is 0.0560. The van der Waals surface area contributed by atoms with Crippen molar-refractivity contribution < 1.29 is 13.6 Å². The first-order valence-electron chi connectivity index (χ1n) is 9.98. The number of alkyl halides is 2. The first-order chi connectivity index (χ1) is 14.7. The number of rotatable bonds is 4. The van der Waals surface area contributed by atoms with E-state index in [0.29, 0.717) is 16.2 Å². The fraction of sp³-hybridized carbons (Fsp3) is 0.450. The molecule has 11 heteroatoms. The highest BCUT2D eigenvalue weighted by Gasteiger charge is 2.46. The predicted octanol–water partition coefficient (Wildman–Crippen LogP) is 3.70. The van der Waals surface area contributed by atoms with Gasteiger partial charge >= 0.3 is 6.03 Å². The third kappa shape index (κ3) is 4.77. The highest BCUT2D eigenvalue weighted by molar-refractivity contribution is 7.14. The molecule has 1 fully saturated rings. The van der Waals surface area contributed by atoms with E-state index in [2.05, 4.69) is 30.8 Å². The maximum atomic E-state index is 14.5. The summed E-state index contributed by atoms with van der Waals surface area (Å²) >= 11 is 1.43. The van der Waals surface area contributed by atoms with Gasteiger partial charge in [0, 0.05) is 30.2 Å². The van der Waals surface area contributed by atoms with Gasteiger partial charge < -0.3 is 10.2 Å². The molecular formula is C20H23F2N7OS. The number of nitrogens with one attached hydrogen (secondary N) is 2. The largest absolute Gasteiger partial charge is 0.323 e. The van der Waals surface area contributed by atoms with E-state index in [9.17, 15) is 13.6 Å². The maximum absolute atomic E-state index is 14.5. The van der Waals surface area contributed by atoms with E-state index in [-0.39, 0.29) is 24.8 Å². The number of anilines is 1. The summed E-state index contributed by atoms with van der Waals surface area (Å²) in [6.45, 7) is 5.11. The summed E-state index contributed by atoms with van der Waals surface area (Å²) in [6.07, 6.45) is 1.76. The summed E-state index contributed by atoms with van der Waals surface area (Å²) in [6, 6.07) is 3.71. The van der Waals surface area contributed by atoms with E-state index in [1.54, 1.807) is 12.3 Å². The number of likely N-dealkylation sites (tertiary alicyclic amines) is 1. The number of halogens is 2. The van der Waals surface area contributed by atoms with Gasteiger partial charge in [-0.3, -0.25) is 5.32 Å². The monoisotopic (exact) mass is 447 g/mol. The number of aryl methyl sites for hydroxylation is 1. The lowest BCUT2D eigenvalue weighted by Crippen LogP contribution is -2.60. The van der Waals surface area contributed by atoms with Crippen LogP contribution in [0.1, 0.15) is 25.3 Å². The lowest BCUT2D eigenvalue weighted by Gasteiger charge is -2.39. The van der Waals surface area contributed by atoms with Gasteiger partial charge in [-0.2, -0.15) is 0 Å². The number of carbonyl (C=O) groups excluding carboxylic acids is 1. The number of amides is 2. The van der Waals surface area contributed by atoms with Crippen LogP contribution in [0.5, 0.6) is 0 Å². The van der Waals surface area contributed by atoms with Gasteiger partial charge in [0.1, 0.15) is 16.5 Å². The van der Waals surface area contributed by atoms with E-state index in [4.69, 9.17) is 0 Å². The average molecular weight is 448 g/mol. The van der Waals surface area contributed by atoms with Crippen LogP contribution in [0.15, 0.2) is 24.4 Å². The van der Waals surface area contributed by atoms with E-state index in [1.165, 1.54) is 11.3 Å². The van der Waals surface area contributed by atoms with Crippen LogP contribution in [0.2, 0.25) is 0 Å². The van der Waals surface area contributed by atoms with Crippen molar-refractivity contribution in [1.82, 2.24) is 30.4 Å². The Balaban J connectivity index is 1.48. The number of carbonyl (C=O) groups is 1. The minimum Gasteiger partial charge on any atom is -0.318 e. The van der Waals surface area contributed by atoms with Gasteiger partial charge in [-0.15, -0.1) is 10.2 Å². The van der Waals surface area contributed by atoms with E-state index in [0.717, 1.165) is 15.3 Å². The Morgan fingerprint density at radius 2 is 2.13 bits per heavy atom. The number of nitrogens with zero attached hydrogens (tertiary/aromatic N) is 5. The second-order valence-corrected chi connectivity index (χ2v) is 9.04. The van der Waals surface area contributed by atoms with Crippen molar-refractivity contribution >= 4 is 34.1 Å². The number of urea groups is 1.